The number of nitrogens with zero attached hydrogens (tertiary/aromatic N) is 2. The van der Waals surface area contributed by atoms with Crippen molar-refractivity contribution in [2.45, 2.75) is 35.8 Å². The summed E-state index contributed by atoms with van der Waals surface area (Å²) in [5, 5.41) is 9.57. The van der Waals surface area contributed by atoms with Gasteiger partial charge in [-0.05, 0) is 25.0 Å². The summed E-state index contributed by atoms with van der Waals surface area (Å²) < 4.78 is 0. The molecule has 1 heterocycles. The molecule has 1 saturated carbocycles. The highest BCUT2D eigenvalue weighted by atomic mass is 32.2. The molecule has 14 heavy (non-hydrogen) atoms. The van der Waals surface area contributed by atoms with E-state index < -0.39 is 0 Å². The molecule has 0 N–H and O–H groups in total. The topological polar surface area (TPSA) is 36.7 Å². The van der Waals surface area contributed by atoms with Gasteiger partial charge in [0.1, 0.15) is 6.07 Å². The molecule has 0 atom stereocenters. The lowest BCUT2D eigenvalue weighted by atomic mass is 10.4. The van der Waals surface area contributed by atoms with Gasteiger partial charge >= 0.3 is 0 Å². The molecule has 1 aromatic heterocycles. The number of hydrogen-bond donors (Lipinski definition) is 0. The van der Waals surface area contributed by atoms with Crippen LogP contribution in [-0.2, 0) is 0 Å². The van der Waals surface area contributed by atoms with Gasteiger partial charge in [0.15, 0.2) is 5.69 Å². The molecule has 1 aromatic rings. The minimum atomic E-state index is 0.574. The lowest BCUT2D eigenvalue weighted by Gasteiger charge is -2.08. The summed E-state index contributed by atoms with van der Waals surface area (Å²) >= 11 is 1.82. The fourth-order valence-electron chi connectivity index (χ4n) is 1.76. The van der Waals surface area contributed by atoms with Crippen molar-refractivity contribution in [3.05, 3.63) is 24.0 Å². The van der Waals surface area contributed by atoms with Crippen molar-refractivity contribution in [3.63, 3.8) is 0 Å². The summed E-state index contributed by atoms with van der Waals surface area (Å²) in [5.74, 6) is 0. The van der Waals surface area contributed by atoms with Crippen LogP contribution in [0.1, 0.15) is 31.4 Å². The van der Waals surface area contributed by atoms with Gasteiger partial charge in [0.2, 0.25) is 0 Å². The smallest absolute Gasteiger partial charge is 0.153 e. The fourth-order valence-corrected chi connectivity index (χ4v) is 3.05. The number of hydrogen-bond acceptors (Lipinski definition) is 3. The van der Waals surface area contributed by atoms with E-state index in [4.69, 9.17) is 5.26 Å². The van der Waals surface area contributed by atoms with Crippen LogP contribution in [0.15, 0.2) is 23.2 Å². The van der Waals surface area contributed by atoms with Crippen molar-refractivity contribution < 1.29 is 0 Å². The minimum absolute atomic E-state index is 0.574. The molecule has 0 aromatic carbocycles. The Kier molecular flexibility index (Phi) is 3.05. The van der Waals surface area contributed by atoms with Crippen LogP contribution in [0.2, 0.25) is 0 Å². The van der Waals surface area contributed by atoms with Crippen molar-refractivity contribution in [1.29, 1.82) is 5.26 Å². The first-order valence-electron chi connectivity index (χ1n) is 4.92. The van der Waals surface area contributed by atoms with Crippen LogP contribution >= 0.6 is 11.8 Å². The van der Waals surface area contributed by atoms with E-state index in [1.165, 1.54) is 25.7 Å². The Hall–Kier alpha value is -1.01. The van der Waals surface area contributed by atoms with Gasteiger partial charge in [0, 0.05) is 16.3 Å². The maximum absolute atomic E-state index is 8.87. The first kappa shape index (κ1) is 9.54. The van der Waals surface area contributed by atoms with Gasteiger partial charge in [-0.15, -0.1) is 11.8 Å². The second-order valence-corrected chi connectivity index (χ2v) is 4.83. The lowest BCUT2D eigenvalue weighted by molar-refractivity contribution is 0.886. The van der Waals surface area contributed by atoms with Gasteiger partial charge in [-0.1, -0.05) is 12.8 Å². The molecular weight excluding hydrogens is 192 g/mol. The third-order valence-corrected chi connectivity index (χ3v) is 3.86. The van der Waals surface area contributed by atoms with Crippen LogP contribution in [0.5, 0.6) is 0 Å². The minimum Gasteiger partial charge on any atom is -0.244 e. The van der Waals surface area contributed by atoms with Crippen molar-refractivity contribution >= 4 is 11.8 Å². The number of thioether (sulfide) groups is 1. The molecule has 0 bridgehead atoms. The number of pyridine rings is 1. The van der Waals surface area contributed by atoms with E-state index >= 15 is 0 Å². The maximum atomic E-state index is 8.87. The van der Waals surface area contributed by atoms with Crippen LogP contribution in [-0.4, -0.2) is 10.2 Å². The monoisotopic (exact) mass is 204 g/mol. The van der Waals surface area contributed by atoms with Gasteiger partial charge < -0.3 is 0 Å². The summed E-state index contributed by atoms with van der Waals surface area (Å²) in [6, 6.07) is 6.03. The molecule has 0 radical (unpaired) electrons. The van der Waals surface area contributed by atoms with Gasteiger partial charge in [-0.3, -0.25) is 0 Å². The summed E-state index contributed by atoms with van der Waals surface area (Å²) in [6.07, 6.45) is 6.91. The SMILES string of the molecule is N#Cc1ncccc1SC1CCCC1. The molecular formula is C11H12N2S. The van der Waals surface area contributed by atoms with Crippen molar-refractivity contribution in [3.8, 4) is 6.07 Å². The van der Waals surface area contributed by atoms with Crippen LogP contribution in [0.3, 0.4) is 0 Å². The summed E-state index contributed by atoms with van der Waals surface area (Å²) in [6.45, 7) is 0. The molecule has 3 heteroatoms. The largest absolute Gasteiger partial charge is 0.244 e. The zero-order chi connectivity index (χ0) is 9.80. The molecule has 1 aliphatic rings. The quantitative estimate of drug-likeness (QED) is 0.743. The Morgan fingerprint density at radius 3 is 2.93 bits per heavy atom. The maximum Gasteiger partial charge on any atom is 0.153 e. The molecule has 0 spiro atoms. The van der Waals surface area contributed by atoms with Crippen LogP contribution in [0.4, 0.5) is 0 Å². The molecule has 2 nitrogen and oxygen atoms in total. The second kappa shape index (κ2) is 4.47. The second-order valence-electron chi connectivity index (χ2n) is 3.49. The molecule has 2 rings (SSSR count). The van der Waals surface area contributed by atoms with Crippen molar-refractivity contribution in [2.75, 3.05) is 0 Å². The number of rotatable bonds is 2. The van der Waals surface area contributed by atoms with Crippen LogP contribution < -0.4 is 0 Å². The number of aromatic nitrogens is 1. The zero-order valence-electron chi connectivity index (χ0n) is 7.94. The Morgan fingerprint density at radius 1 is 1.43 bits per heavy atom. The van der Waals surface area contributed by atoms with Crippen molar-refractivity contribution in [1.82, 2.24) is 4.98 Å². The summed E-state index contributed by atoms with van der Waals surface area (Å²) in [5.41, 5.74) is 0.574. The third kappa shape index (κ3) is 2.08. The molecule has 0 unspecified atom stereocenters. The Balaban J connectivity index is 2.11. The molecule has 1 aliphatic carbocycles. The fraction of sp³-hybridized carbons (Fsp3) is 0.455. The first-order chi connectivity index (χ1) is 6.90. The highest BCUT2D eigenvalue weighted by Gasteiger charge is 2.17. The van der Waals surface area contributed by atoms with E-state index in [9.17, 15) is 0 Å². The summed E-state index contributed by atoms with van der Waals surface area (Å²) in [4.78, 5) is 5.10. The highest BCUT2D eigenvalue weighted by molar-refractivity contribution is 8.00. The van der Waals surface area contributed by atoms with Gasteiger partial charge in [0.25, 0.3) is 0 Å². The predicted molar refractivity (Wildman–Crippen MR) is 57.1 cm³/mol. The van der Waals surface area contributed by atoms with E-state index in [0.29, 0.717) is 10.9 Å². The van der Waals surface area contributed by atoms with Gasteiger partial charge in [-0.2, -0.15) is 5.26 Å². The van der Waals surface area contributed by atoms with E-state index in [1.54, 1.807) is 6.20 Å². The average molecular weight is 204 g/mol. The predicted octanol–water partition coefficient (Wildman–Crippen LogP) is 2.99. The van der Waals surface area contributed by atoms with E-state index in [0.717, 1.165) is 4.90 Å². The van der Waals surface area contributed by atoms with E-state index in [-0.39, 0.29) is 0 Å². The zero-order valence-corrected chi connectivity index (χ0v) is 8.76. The highest BCUT2D eigenvalue weighted by Crippen LogP contribution is 2.35. The normalized spacial score (nSPS) is 16.8. The molecule has 0 amide bonds. The van der Waals surface area contributed by atoms with Gasteiger partial charge in [0.05, 0.1) is 0 Å². The van der Waals surface area contributed by atoms with Crippen LogP contribution in [0.25, 0.3) is 0 Å². The molecule has 0 saturated heterocycles. The molecule has 72 valence electrons. The van der Waals surface area contributed by atoms with E-state index in [2.05, 4.69) is 11.1 Å². The third-order valence-electron chi connectivity index (χ3n) is 2.47. The Bertz CT molecular complexity index is 351. The standard InChI is InChI=1S/C11H12N2S/c12-8-10-11(6-3-7-13-10)14-9-4-1-2-5-9/h3,6-7,9H,1-2,4-5H2. The van der Waals surface area contributed by atoms with E-state index in [1.807, 2.05) is 23.9 Å². The Labute approximate surface area is 88.4 Å². The van der Waals surface area contributed by atoms with Crippen molar-refractivity contribution in [2.24, 2.45) is 0 Å². The van der Waals surface area contributed by atoms with Gasteiger partial charge in [-0.25, -0.2) is 4.98 Å². The summed E-state index contributed by atoms with van der Waals surface area (Å²) in [7, 11) is 0. The molecule has 1 fully saturated rings. The Morgan fingerprint density at radius 2 is 2.21 bits per heavy atom. The number of nitriles is 1. The van der Waals surface area contributed by atoms with Crippen LogP contribution in [0, 0.1) is 11.3 Å². The molecule has 0 aliphatic heterocycles. The average Bonchev–Trinajstić information content (AvgIpc) is 2.71. The lowest BCUT2D eigenvalue weighted by Crippen LogP contribution is -1.95. The first-order valence-corrected chi connectivity index (χ1v) is 5.80.